The number of hydrogen-bond acceptors (Lipinski definition) is 5. The molecule has 0 spiro atoms. The van der Waals surface area contributed by atoms with Crippen molar-refractivity contribution in [1.82, 2.24) is 5.43 Å². The third kappa shape index (κ3) is 3.80. The fourth-order valence-electron chi connectivity index (χ4n) is 2.35. The number of benzene rings is 2. The minimum absolute atomic E-state index is 0.170. The molecule has 0 atom stereocenters. The van der Waals surface area contributed by atoms with Gasteiger partial charge in [0.05, 0.1) is 19.9 Å². The van der Waals surface area contributed by atoms with Gasteiger partial charge >= 0.3 is 5.91 Å². The Hall–Kier alpha value is -3.28. The van der Waals surface area contributed by atoms with Crippen LogP contribution < -0.4 is 14.9 Å². The first-order chi connectivity index (χ1) is 12.2. The second kappa shape index (κ2) is 7.53. The number of nitrogens with zero attached hydrogens (tertiary/aromatic N) is 1. The van der Waals surface area contributed by atoms with Crippen LogP contribution in [0.15, 0.2) is 58.0 Å². The van der Waals surface area contributed by atoms with Crippen molar-refractivity contribution in [2.45, 2.75) is 6.92 Å². The number of hydrazone groups is 1. The van der Waals surface area contributed by atoms with Crippen molar-refractivity contribution in [3.05, 3.63) is 59.9 Å². The van der Waals surface area contributed by atoms with E-state index in [1.165, 1.54) is 0 Å². The Morgan fingerprint density at radius 3 is 2.76 bits per heavy atom. The third-order valence-corrected chi connectivity index (χ3v) is 3.52. The molecule has 6 nitrogen and oxygen atoms in total. The maximum atomic E-state index is 12.2. The van der Waals surface area contributed by atoms with E-state index < -0.39 is 5.91 Å². The molecular formula is C19H18N2O4. The minimum Gasteiger partial charge on any atom is -0.494 e. The van der Waals surface area contributed by atoms with Crippen molar-refractivity contribution in [2.75, 3.05) is 13.7 Å². The molecule has 25 heavy (non-hydrogen) atoms. The Balaban J connectivity index is 1.68. The van der Waals surface area contributed by atoms with Crippen molar-refractivity contribution >= 4 is 23.1 Å². The van der Waals surface area contributed by atoms with Gasteiger partial charge in [-0.1, -0.05) is 12.1 Å². The summed E-state index contributed by atoms with van der Waals surface area (Å²) < 4.78 is 16.2. The standard InChI is InChI=1S/C19H18N2O4/c1-3-24-15-9-7-13(8-10-15)12-20-21-19(22)17-11-14-5-4-6-16(23-2)18(14)25-17/h4-12H,3H2,1-2H3,(H,21,22)/b20-12-. The van der Waals surface area contributed by atoms with Crippen LogP contribution in [0.3, 0.4) is 0 Å². The van der Waals surface area contributed by atoms with Gasteiger partial charge in [-0.3, -0.25) is 4.79 Å². The fraction of sp³-hybridized carbons (Fsp3) is 0.158. The molecule has 2 aromatic carbocycles. The van der Waals surface area contributed by atoms with Gasteiger partial charge in [0.25, 0.3) is 0 Å². The molecule has 1 N–H and O–H groups in total. The number of furan rings is 1. The summed E-state index contributed by atoms with van der Waals surface area (Å²) >= 11 is 0. The van der Waals surface area contributed by atoms with Gasteiger partial charge in [0.15, 0.2) is 17.1 Å². The van der Waals surface area contributed by atoms with Gasteiger partial charge in [0.1, 0.15) is 5.75 Å². The normalized spacial score (nSPS) is 11.0. The van der Waals surface area contributed by atoms with E-state index in [1.54, 1.807) is 25.5 Å². The molecule has 0 saturated carbocycles. The number of ether oxygens (including phenoxy) is 2. The van der Waals surface area contributed by atoms with Crippen LogP contribution in [-0.4, -0.2) is 25.8 Å². The van der Waals surface area contributed by atoms with Crippen LogP contribution in [-0.2, 0) is 0 Å². The molecule has 0 aliphatic heterocycles. The first-order valence-electron chi connectivity index (χ1n) is 7.84. The van der Waals surface area contributed by atoms with E-state index >= 15 is 0 Å². The van der Waals surface area contributed by atoms with E-state index in [-0.39, 0.29) is 5.76 Å². The summed E-state index contributed by atoms with van der Waals surface area (Å²) in [5.41, 5.74) is 3.83. The Morgan fingerprint density at radius 2 is 2.04 bits per heavy atom. The predicted octanol–water partition coefficient (Wildman–Crippen LogP) is 3.60. The van der Waals surface area contributed by atoms with Crippen LogP contribution in [0, 0.1) is 0 Å². The second-order valence-electron chi connectivity index (χ2n) is 5.19. The number of para-hydroxylation sites is 1. The monoisotopic (exact) mass is 338 g/mol. The first kappa shape index (κ1) is 16.6. The molecule has 3 rings (SSSR count). The quantitative estimate of drug-likeness (QED) is 0.550. The zero-order valence-electron chi connectivity index (χ0n) is 14.0. The first-order valence-corrected chi connectivity index (χ1v) is 7.84. The molecule has 0 aliphatic carbocycles. The molecule has 128 valence electrons. The molecule has 3 aromatic rings. The Bertz CT molecular complexity index is 897. The van der Waals surface area contributed by atoms with Crippen molar-refractivity contribution in [3.8, 4) is 11.5 Å². The highest BCUT2D eigenvalue weighted by molar-refractivity contribution is 5.97. The summed E-state index contributed by atoms with van der Waals surface area (Å²) in [4.78, 5) is 12.2. The van der Waals surface area contributed by atoms with Crippen LogP contribution >= 0.6 is 0 Å². The molecule has 1 heterocycles. The molecule has 6 heteroatoms. The van der Waals surface area contributed by atoms with Gasteiger partial charge < -0.3 is 13.9 Å². The van der Waals surface area contributed by atoms with E-state index in [9.17, 15) is 4.79 Å². The second-order valence-corrected chi connectivity index (χ2v) is 5.19. The summed E-state index contributed by atoms with van der Waals surface area (Å²) in [7, 11) is 1.55. The highest BCUT2D eigenvalue weighted by Crippen LogP contribution is 2.28. The van der Waals surface area contributed by atoms with Gasteiger partial charge in [0.2, 0.25) is 0 Å². The van der Waals surface area contributed by atoms with E-state index in [0.29, 0.717) is 17.9 Å². The molecule has 0 bridgehead atoms. The zero-order valence-corrected chi connectivity index (χ0v) is 14.0. The average molecular weight is 338 g/mol. The number of rotatable bonds is 6. The molecule has 1 amide bonds. The van der Waals surface area contributed by atoms with Crippen LogP contribution in [0.4, 0.5) is 0 Å². The highest BCUT2D eigenvalue weighted by atomic mass is 16.5. The number of carbonyl (C=O) groups excluding carboxylic acids is 1. The average Bonchev–Trinajstić information content (AvgIpc) is 3.07. The Labute approximate surface area is 145 Å². The number of methoxy groups -OCH3 is 1. The lowest BCUT2D eigenvalue weighted by atomic mass is 10.2. The molecule has 1 aromatic heterocycles. The Morgan fingerprint density at radius 1 is 1.24 bits per heavy atom. The molecule has 0 saturated heterocycles. The number of nitrogens with one attached hydrogen (secondary N) is 1. The Kier molecular flexibility index (Phi) is 4.99. The van der Waals surface area contributed by atoms with Gasteiger partial charge in [-0.05, 0) is 48.9 Å². The van der Waals surface area contributed by atoms with Crippen LogP contribution in [0.1, 0.15) is 23.0 Å². The largest absolute Gasteiger partial charge is 0.494 e. The van der Waals surface area contributed by atoms with Crippen molar-refractivity contribution in [1.29, 1.82) is 0 Å². The lowest BCUT2D eigenvalue weighted by Crippen LogP contribution is -2.16. The molecule has 0 unspecified atom stereocenters. The number of fused-ring (bicyclic) bond motifs is 1. The zero-order chi connectivity index (χ0) is 17.6. The van der Waals surface area contributed by atoms with E-state index in [1.807, 2.05) is 43.3 Å². The maximum absolute atomic E-state index is 12.2. The molecule has 0 fully saturated rings. The lowest BCUT2D eigenvalue weighted by molar-refractivity contribution is 0.0929. The lowest BCUT2D eigenvalue weighted by Gasteiger charge is -2.02. The number of amides is 1. The van der Waals surface area contributed by atoms with Crippen molar-refractivity contribution in [3.63, 3.8) is 0 Å². The van der Waals surface area contributed by atoms with Crippen molar-refractivity contribution < 1.29 is 18.7 Å². The van der Waals surface area contributed by atoms with E-state index in [0.717, 1.165) is 16.7 Å². The summed E-state index contributed by atoms with van der Waals surface area (Å²) in [6, 6.07) is 14.5. The van der Waals surface area contributed by atoms with E-state index in [2.05, 4.69) is 10.5 Å². The molecule has 0 radical (unpaired) electrons. The summed E-state index contributed by atoms with van der Waals surface area (Å²) in [5.74, 6) is 1.11. The topological polar surface area (TPSA) is 73.1 Å². The SMILES string of the molecule is CCOc1ccc(/C=N\NC(=O)c2cc3cccc(OC)c3o2)cc1. The minimum atomic E-state index is -0.430. The molecule has 0 aliphatic rings. The van der Waals surface area contributed by atoms with Crippen molar-refractivity contribution in [2.24, 2.45) is 5.10 Å². The van der Waals surface area contributed by atoms with Crippen LogP contribution in [0.25, 0.3) is 11.0 Å². The van der Waals surface area contributed by atoms with Gasteiger partial charge in [0, 0.05) is 5.39 Å². The highest BCUT2D eigenvalue weighted by Gasteiger charge is 2.14. The number of carbonyl (C=O) groups is 1. The predicted molar refractivity (Wildman–Crippen MR) is 95.4 cm³/mol. The number of hydrogen-bond donors (Lipinski definition) is 1. The summed E-state index contributed by atoms with van der Waals surface area (Å²) in [6.07, 6.45) is 1.55. The van der Waals surface area contributed by atoms with Crippen LogP contribution in [0.2, 0.25) is 0 Å². The van der Waals surface area contributed by atoms with Gasteiger partial charge in [-0.25, -0.2) is 5.43 Å². The van der Waals surface area contributed by atoms with E-state index in [4.69, 9.17) is 13.9 Å². The van der Waals surface area contributed by atoms with Gasteiger partial charge in [-0.15, -0.1) is 0 Å². The molecular weight excluding hydrogens is 320 g/mol. The maximum Gasteiger partial charge on any atom is 0.307 e. The fourth-order valence-corrected chi connectivity index (χ4v) is 2.35. The van der Waals surface area contributed by atoms with Crippen LogP contribution in [0.5, 0.6) is 11.5 Å². The smallest absolute Gasteiger partial charge is 0.307 e. The summed E-state index contributed by atoms with van der Waals surface area (Å²) in [6.45, 7) is 2.55. The summed E-state index contributed by atoms with van der Waals surface area (Å²) in [5, 5.41) is 4.74. The van der Waals surface area contributed by atoms with Gasteiger partial charge in [-0.2, -0.15) is 5.10 Å². The third-order valence-electron chi connectivity index (χ3n) is 3.52.